The summed E-state index contributed by atoms with van der Waals surface area (Å²) in [6, 6.07) is 34.8. The van der Waals surface area contributed by atoms with Crippen molar-refractivity contribution in [3.63, 3.8) is 0 Å². The number of benzene rings is 4. The largest absolute Gasteiger partial charge is 0.497 e. The number of methoxy groups -OCH3 is 1. The molecule has 0 saturated carbocycles. The highest BCUT2D eigenvalue weighted by Gasteiger charge is 2.32. The van der Waals surface area contributed by atoms with Crippen LogP contribution in [0, 0.1) is 6.92 Å². The predicted octanol–water partition coefficient (Wildman–Crippen LogP) is 6.19. The molecule has 228 valence electrons. The Bertz CT molecular complexity index is 2300. The number of allylic oxidation sites excluding steroid dienone is 1. The van der Waals surface area contributed by atoms with Crippen LogP contribution in [0.15, 0.2) is 130 Å². The van der Waals surface area contributed by atoms with Gasteiger partial charge in [-0.2, -0.15) is 0 Å². The molecule has 3 heterocycles. The smallest absolute Gasteiger partial charge is 0.271 e. The van der Waals surface area contributed by atoms with Crippen molar-refractivity contribution < 1.29 is 9.53 Å². The fourth-order valence-corrected chi connectivity index (χ4v) is 7.20. The summed E-state index contributed by atoms with van der Waals surface area (Å²) in [6.45, 7) is 4.65. The van der Waals surface area contributed by atoms with Crippen LogP contribution in [-0.2, 0) is 11.3 Å². The van der Waals surface area contributed by atoms with Crippen LogP contribution in [-0.4, -0.2) is 22.2 Å². The third-order valence-corrected chi connectivity index (χ3v) is 9.45. The summed E-state index contributed by atoms with van der Waals surface area (Å²) in [5.74, 6) is 0.386. The van der Waals surface area contributed by atoms with Gasteiger partial charge in [0.15, 0.2) is 4.80 Å². The number of nitrogens with zero attached hydrogens (tertiary/aromatic N) is 3. The van der Waals surface area contributed by atoms with E-state index in [4.69, 9.17) is 9.73 Å². The van der Waals surface area contributed by atoms with Crippen LogP contribution in [0.1, 0.15) is 35.3 Å². The minimum absolute atomic E-state index is 0.193. The Morgan fingerprint density at radius 1 is 0.913 bits per heavy atom. The molecular weight excluding hydrogens is 593 g/mol. The van der Waals surface area contributed by atoms with Gasteiger partial charge in [-0.15, -0.1) is 0 Å². The van der Waals surface area contributed by atoms with Crippen molar-refractivity contribution >= 4 is 39.9 Å². The van der Waals surface area contributed by atoms with Crippen molar-refractivity contribution in [1.29, 1.82) is 0 Å². The number of ether oxygens (including phenoxy) is 1. The molecule has 2 aromatic heterocycles. The molecule has 0 saturated heterocycles. The quantitative estimate of drug-likeness (QED) is 0.230. The normalized spacial score (nSPS) is 14.7. The minimum Gasteiger partial charge on any atom is -0.497 e. The maximum atomic E-state index is 14.4. The number of anilines is 1. The van der Waals surface area contributed by atoms with Crippen LogP contribution in [0.2, 0.25) is 0 Å². The van der Waals surface area contributed by atoms with E-state index in [1.54, 1.807) is 11.7 Å². The van der Waals surface area contributed by atoms with Gasteiger partial charge in [0.1, 0.15) is 5.75 Å². The standard InChI is InChI=1S/C38H32N4O3S/c1-24-34(36(43)40-28-14-8-5-9-15-28)35(27-18-20-29(45-3)21-19-27)42-37(44)33(46-38(42)39-24)22-31-25(2)41(23-26-12-6-4-7-13-26)32-17-11-10-16-30(31)32/h4-22,35H,23H2,1-3H3,(H,40,43)/b33-22+/t35-/m0/s1. The van der Waals surface area contributed by atoms with E-state index >= 15 is 0 Å². The molecule has 1 atom stereocenters. The van der Waals surface area contributed by atoms with E-state index < -0.39 is 6.04 Å². The first-order chi connectivity index (χ1) is 22.4. The van der Waals surface area contributed by atoms with E-state index in [0.29, 0.717) is 32.0 Å². The van der Waals surface area contributed by atoms with Crippen LogP contribution in [0.5, 0.6) is 5.75 Å². The lowest BCUT2D eigenvalue weighted by Gasteiger charge is -2.25. The monoisotopic (exact) mass is 624 g/mol. The molecule has 1 aliphatic heterocycles. The van der Waals surface area contributed by atoms with Crippen molar-refractivity contribution in [2.75, 3.05) is 12.4 Å². The van der Waals surface area contributed by atoms with Crippen LogP contribution >= 0.6 is 11.3 Å². The Morgan fingerprint density at radius 2 is 1.59 bits per heavy atom. The van der Waals surface area contributed by atoms with Gasteiger partial charge in [-0.1, -0.05) is 90.2 Å². The van der Waals surface area contributed by atoms with Gasteiger partial charge in [0.25, 0.3) is 11.5 Å². The number of aromatic nitrogens is 2. The summed E-state index contributed by atoms with van der Waals surface area (Å²) >= 11 is 1.34. The number of hydrogen-bond donors (Lipinski definition) is 1. The molecule has 6 aromatic rings. The van der Waals surface area contributed by atoms with Gasteiger partial charge >= 0.3 is 0 Å². The number of carbonyl (C=O) groups is 1. The van der Waals surface area contributed by atoms with Crippen LogP contribution in [0.25, 0.3) is 17.0 Å². The zero-order valence-electron chi connectivity index (χ0n) is 25.7. The molecule has 0 bridgehead atoms. The molecule has 7 nitrogen and oxygen atoms in total. The van der Waals surface area contributed by atoms with E-state index in [1.807, 2.05) is 97.9 Å². The van der Waals surface area contributed by atoms with Gasteiger partial charge in [-0.05, 0) is 61.4 Å². The highest BCUT2D eigenvalue weighted by molar-refractivity contribution is 7.07. The van der Waals surface area contributed by atoms with Gasteiger partial charge in [0, 0.05) is 34.4 Å². The van der Waals surface area contributed by atoms with Gasteiger partial charge in [0.2, 0.25) is 0 Å². The molecular formula is C38H32N4O3S. The van der Waals surface area contributed by atoms with Gasteiger partial charge < -0.3 is 14.6 Å². The summed E-state index contributed by atoms with van der Waals surface area (Å²) < 4.78 is 9.91. The zero-order valence-corrected chi connectivity index (χ0v) is 26.5. The molecule has 0 fully saturated rings. The SMILES string of the molecule is COc1ccc([C@H]2C(C(=O)Nc3ccccc3)=C(C)N=c3s/c(=C/c4c(C)n(Cc5ccccc5)c5ccccc45)c(=O)n32)cc1. The maximum absolute atomic E-state index is 14.4. The van der Waals surface area contributed by atoms with Crippen molar-refractivity contribution in [2.45, 2.75) is 26.4 Å². The number of rotatable bonds is 7. The van der Waals surface area contributed by atoms with E-state index in [1.165, 1.54) is 16.9 Å². The Hall–Kier alpha value is -5.47. The molecule has 0 radical (unpaired) electrons. The topological polar surface area (TPSA) is 77.6 Å². The third-order valence-electron chi connectivity index (χ3n) is 8.47. The summed E-state index contributed by atoms with van der Waals surface area (Å²) in [6.07, 6.45) is 1.98. The number of amides is 1. The lowest BCUT2D eigenvalue weighted by Crippen LogP contribution is -2.40. The number of carbonyl (C=O) groups excluding carboxylic acids is 1. The second-order valence-corrected chi connectivity index (χ2v) is 12.3. The summed E-state index contributed by atoms with van der Waals surface area (Å²) in [5, 5.41) is 4.08. The first-order valence-corrected chi connectivity index (χ1v) is 15.9. The second kappa shape index (κ2) is 12.1. The number of hydrogen-bond acceptors (Lipinski definition) is 5. The molecule has 1 amide bonds. The van der Waals surface area contributed by atoms with Crippen molar-refractivity contribution in [1.82, 2.24) is 9.13 Å². The summed E-state index contributed by atoms with van der Waals surface area (Å²) in [7, 11) is 1.61. The van der Waals surface area contributed by atoms with Crippen molar-refractivity contribution in [3.05, 3.63) is 163 Å². The molecule has 0 aliphatic carbocycles. The molecule has 4 aromatic carbocycles. The predicted molar refractivity (Wildman–Crippen MR) is 184 cm³/mol. The fourth-order valence-electron chi connectivity index (χ4n) is 6.17. The Labute approximate surface area is 270 Å². The fraction of sp³-hybridized carbons (Fsp3) is 0.132. The minimum atomic E-state index is -0.673. The zero-order chi connectivity index (χ0) is 31.8. The molecule has 1 aliphatic rings. The first-order valence-electron chi connectivity index (χ1n) is 15.1. The molecule has 8 heteroatoms. The second-order valence-electron chi connectivity index (χ2n) is 11.3. The first kappa shape index (κ1) is 29.3. The van der Waals surface area contributed by atoms with Crippen molar-refractivity contribution in [3.8, 4) is 5.75 Å². The molecule has 1 N–H and O–H groups in total. The molecule has 46 heavy (non-hydrogen) atoms. The number of para-hydroxylation sites is 2. The van der Waals surface area contributed by atoms with E-state index in [-0.39, 0.29) is 11.5 Å². The Morgan fingerprint density at radius 3 is 2.30 bits per heavy atom. The van der Waals surface area contributed by atoms with E-state index in [2.05, 4.69) is 41.1 Å². The van der Waals surface area contributed by atoms with Crippen LogP contribution < -0.4 is 24.9 Å². The highest BCUT2D eigenvalue weighted by atomic mass is 32.1. The van der Waals surface area contributed by atoms with Gasteiger partial charge in [-0.25, -0.2) is 4.99 Å². The molecule has 0 spiro atoms. The van der Waals surface area contributed by atoms with E-state index in [0.717, 1.165) is 34.3 Å². The Balaban J connectivity index is 1.39. The summed E-state index contributed by atoms with van der Waals surface area (Å²) in [5.41, 5.74) is 6.63. The molecule has 7 rings (SSSR count). The highest BCUT2D eigenvalue weighted by Crippen LogP contribution is 2.32. The molecule has 0 unspecified atom stereocenters. The lowest BCUT2D eigenvalue weighted by molar-refractivity contribution is -0.113. The number of nitrogens with one attached hydrogen (secondary N) is 1. The van der Waals surface area contributed by atoms with Crippen molar-refractivity contribution in [2.24, 2.45) is 4.99 Å². The average Bonchev–Trinajstić information content (AvgIpc) is 3.53. The van der Waals surface area contributed by atoms with E-state index in [9.17, 15) is 9.59 Å². The van der Waals surface area contributed by atoms with Gasteiger partial charge in [0.05, 0.1) is 29.0 Å². The van der Waals surface area contributed by atoms with Gasteiger partial charge in [-0.3, -0.25) is 14.2 Å². The summed E-state index contributed by atoms with van der Waals surface area (Å²) in [4.78, 5) is 33.6. The number of fused-ring (bicyclic) bond motifs is 2. The number of thiazole rings is 1. The Kier molecular flexibility index (Phi) is 7.72. The van der Waals surface area contributed by atoms with Crippen LogP contribution in [0.3, 0.4) is 0 Å². The lowest BCUT2D eigenvalue weighted by atomic mass is 9.95. The third kappa shape index (κ3) is 5.26. The van der Waals surface area contributed by atoms with Crippen LogP contribution in [0.4, 0.5) is 5.69 Å². The average molecular weight is 625 g/mol. The maximum Gasteiger partial charge on any atom is 0.271 e.